The molecule has 0 saturated carbocycles. The van der Waals surface area contributed by atoms with E-state index in [0.717, 1.165) is 0 Å². The molecule has 46 valence electrons. The SMILES string of the molecule is CC(=N[O-])C(C)=N[O-].[Na+].[Na+]. The molecule has 0 radical (unpaired) electrons. The van der Waals surface area contributed by atoms with Crippen LogP contribution in [0.2, 0.25) is 0 Å². The standard InChI is InChI=1S/C4H8N2O2.2Na/c1-3(5-7)4(2)6-8;;/h7-8H,1-2H3;;/q;2*+1/p-2. The zero-order valence-corrected chi connectivity index (χ0v) is 10.7. The van der Waals surface area contributed by atoms with E-state index in [9.17, 15) is 10.4 Å². The fourth-order valence-electron chi connectivity index (χ4n) is 0.132. The summed E-state index contributed by atoms with van der Waals surface area (Å²) in [5, 5.41) is 24.2. The average molecular weight is 160 g/mol. The van der Waals surface area contributed by atoms with Crippen molar-refractivity contribution in [1.29, 1.82) is 0 Å². The largest absolute Gasteiger partial charge is 1.00 e. The fraction of sp³-hybridized carbons (Fsp3) is 0.500. The molecule has 0 spiro atoms. The summed E-state index contributed by atoms with van der Waals surface area (Å²) in [6, 6.07) is 0. The summed E-state index contributed by atoms with van der Waals surface area (Å²) in [5.41, 5.74) is 0.278. The molecule has 0 aromatic rings. The van der Waals surface area contributed by atoms with E-state index in [0.29, 0.717) is 0 Å². The van der Waals surface area contributed by atoms with Crippen molar-refractivity contribution in [2.45, 2.75) is 13.8 Å². The van der Waals surface area contributed by atoms with Gasteiger partial charge in [0.1, 0.15) is 0 Å². The fourth-order valence-corrected chi connectivity index (χ4v) is 0.132. The minimum absolute atomic E-state index is 0. The molecule has 0 aliphatic carbocycles. The van der Waals surface area contributed by atoms with Gasteiger partial charge in [-0.2, -0.15) is 0 Å². The Balaban J connectivity index is -0.000000245. The molecule has 0 aliphatic heterocycles. The molecule has 0 bridgehead atoms. The predicted octanol–water partition coefficient (Wildman–Crippen LogP) is -5.09. The van der Waals surface area contributed by atoms with Gasteiger partial charge in [-0.25, -0.2) is 0 Å². The average Bonchev–Trinajstić information content (AvgIpc) is 1.84. The summed E-state index contributed by atoms with van der Waals surface area (Å²) in [4.78, 5) is 0. The molecule has 0 amide bonds. The molecule has 6 heteroatoms. The van der Waals surface area contributed by atoms with Gasteiger partial charge in [0.25, 0.3) is 0 Å². The van der Waals surface area contributed by atoms with Crippen LogP contribution >= 0.6 is 0 Å². The molecule has 0 unspecified atom stereocenters. The van der Waals surface area contributed by atoms with Crippen molar-refractivity contribution >= 4 is 11.4 Å². The van der Waals surface area contributed by atoms with E-state index in [-0.39, 0.29) is 70.5 Å². The van der Waals surface area contributed by atoms with Gasteiger partial charge in [-0.15, -0.1) is 0 Å². The molecule has 0 rings (SSSR count). The van der Waals surface area contributed by atoms with Gasteiger partial charge in [-0.05, 0) is 13.8 Å². The molecule has 4 nitrogen and oxygen atoms in total. The van der Waals surface area contributed by atoms with Crippen LogP contribution in [0.15, 0.2) is 10.3 Å². The van der Waals surface area contributed by atoms with Crippen molar-refractivity contribution in [3.63, 3.8) is 0 Å². The topological polar surface area (TPSA) is 70.8 Å². The third kappa shape index (κ3) is 7.05. The maximum Gasteiger partial charge on any atom is 1.00 e. The van der Waals surface area contributed by atoms with Crippen molar-refractivity contribution in [3.8, 4) is 0 Å². The number of hydrogen-bond donors (Lipinski definition) is 0. The molecule has 0 fully saturated rings. The Morgan fingerprint density at radius 2 is 1.10 bits per heavy atom. The van der Waals surface area contributed by atoms with Gasteiger partial charge in [0.15, 0.2) is 0 Å². The maximum absolute atomic E-state index is 9.60. The minimum atomic E-state index is 0. The Hall–Kier alpha value is 0.940. The first-order chi connectivity index (χ1) is 3.72. The second-order valence-corrected chi connectivity index (χ2v) is 1.35. The van der Waals surface area contributed by atoms with Crippen LogP contribution in [0, 0.1) is 10.4 Å². The minimum Gasteiger partial charge on any atom is -0.792 e. The van der Waals surface area contributed by atoms with E-state index >= 15 is 0 Å². The zero-order valence-electron chi connectivity index (χ0n) is 6.71. The number of hydrogen-bond acceptors (Lipinski definition) is 4. The van der Waals surface area contributed by atoms with Crippen molar-refractivity contribution in [1.82, 2.24) is 0 Å². The molecule has 0 aliphatic rings. The van der Waals surface area contributed by atoms with Crippen LogP contribution in [0.4, 0.5) is 0 Å². The van der Waals surface area contributed by atoms with Crippen LogP contribution < -0.4 is 59.1 Å². The van der Waals surface area contributed by atoms with Crippen LogP contribution in [-0.4, -0.2) is 11.4 Å². The Kier molecular flexibility index (Phi) is 17.0. The monoisotopic (exact) mass is 160 g/mol. The molecular weight excluding hydrogens is 154 g/mol. The second kappa shape index (κ2) is 9.94. The van der Waals surface area contributed by atoms with E-state index < -0.39 is 0 Å². The molecule has 0 heterocycles. The first-order valence-electron chi connectivity index (χ1n) is 2.06. The normalized spacial score (nSPS) is 11.4. The molecule has 0 aromatic heterocycles. The number of rotatable bonds is 1. The zero-order chi connectivity index (χ0) is 6.57. The molecule has 10 heavy (non-hydrogen) atoms. The van der Waals surface area contributed by atoms with E-state index in [1.165, 1.54) is 13.8 Å². The maximum atomic E-state index is 9.60. The van der Waals surface area contributed by atoms with E-state index in [4.69, 9.17) is 0 Å². The number of nitrogens with zero attached hydrogens (tertiary/aromatic N) is 2. The van der Waals surface area contributed by atoms with Crippen molar-refractivity contribution in [2.24, 2.45) is 10.3 Å². The first-order valence-corrected chi connectivity index (χ1v) is 2.06. The van der Waals surface area contributed by atoms with Gasteiger partial charge < -0.3 is 20.7 Å². The quantitative estimate of drug-likeness (QED) is 0.219. The summed E-state index contributed by atoms with van der Waals surface area (Å²) >= 11 is 0. The van der Waals surface area contributed by atoms with Gasteiger partial charge >= 0.3 is 59.1 Å². The molecular formula is C4H6N2Na2O2. The van der Waals surface area contributed by atoms with Crippen molar-refractivity contribution < 1.29 is 59.1 Å². The van der Waals surface area contributed by atoms with E-state index in [1.807, 2.05) is 0 Å². The molecule has 0 saturated heterocycles. The van der Waals surface area contributed by atoms with Crippen LogP contribution in [0.25, 0.3) is 0 Å². The van der Waals surface area contributed by atoms with E-state index in [1.54, 1.807) is 0 Å². The molecule has 0 atom stereocenters. The Bertz CT molecular complexity index is 119. The Morgan fingerprint density at radius 1 is 0.900 bits per heavy atom. The third-order valence-corrected chi connectivity index (χ3v) is 0.797. The van der Waals surface area contributed by atoms with E-state index in [2.05, 4.69) is 10.3 Å². The van der Waals surface area contributed by atoms with Crippen LogP contribution in [0.1, 0.15) is 13.8 Å². The molecule has 0 aromatic carbocycles. The van der Waals surface area contributed by atoms with Crippen LogP contribution in [-0.2, 0) is 0 Å². The van der Waals surface area contributed by atoms with Gasteiger partial charge in [-0.3, -0.25) is 0 Å². The Morgan fingerprint density at radius 3 is 1.20 bits per heavy atom. The summed E-state index contributed by atoms with van der Waals surface area (Å²) in [7, 11) is 0. The van der Waals surface area contributed by atoms with Crippen molar-refractivity contribution in [3.05, 3.63) is 10.4 Å². The molecule has 0 N–H and O–H groups in total. The summed E-state index contributed by atoms with van der Waals surface area (Å²) in [6.07, 6.45) is 0. The first kappa shape index (κ1) is 17.1. The van der Waals surface area contributed by atoms with Crippen molar-refractivity contribution in [2.75, 3.05) is 0 Å². The van der Waals surface area contributed by atoms with Crippen LogP contribution in [0.3, 0.4) is 0 Å². The summed E-state index contributed by atoms with van der Waals surface area (Å²) in [5.74, 6) is 0. The second-order valence-electron chi connectivity index (χ2n) is 1.35. The summed E-state index contributed by atoms with van der Waals surface area (Å²) in [6.45, 7) is 2.87. The van der Waals surface area contributed by atoms with Gasteiger partial charge in [0, 0.05) is 11.4 Å². The van der Waals surface area contributed by atoms with Gasteiger partial charge in [0.05, 0.1) is 0 Å². The van der Waals surface area contributed by atoms with Crippen LogP contribution in [0.5, 0.6) is 0 Å². The Labute approximate surface area is 104 Å². The summed E-state index contributed by atoms with van der Waals surface area (Å²) < 4.78 is 0. The third-order valence-electron chi connectivity index (χ3n) is 0.797. The van der Waals surface area contributed by atoms with Gasteiger partial charge in [-0.1, -0.05) is 0 Å². The predicted molar refractivity (Wildman–Crippen MR) is 33.0 cm³/mol. The smallest absolute Gasteiger partial charge is 0.792 e. The van der Waals surface area contributed by atoms with Gasteiger partial charge in [0.2, 0.25) is 0 Å².